The number of hydrogen-bond acceptors (Lipinski definition) is 8. The molecule has 0 aliphatic carbocycles. The molecule has 0 rings (SSSR count). The van der Waals surface area contributed by atoms with Crippen molar-refractivity contribution in [1.29, 1.82) is 0 Å². The van der Waals surface area contributed by atoms with Crippen LogP contribution in [0.15, 0.2) is 0 Å². The summed E-state index contributed by atoms with van der Waals surface area (Å²) in [5.74, 6) is -3.57. The van der Waals surface area contributed by atoms with Crippen LogP contribution in [-0.4, -0.2) is 37.1 Å². The number of carboxylic acid groups (broad SMARTS) is 2. The van der Waals surface area contributed by atoms with Crippen LogP contribution in [0, 0.1) is 0 Å². The predicted octanol–water partition coefficient (Wildman–Crippen LogP) is 9.08. The zero-order valence-electron chi connectivity index (χ0n) is 32.0. The van der Waals surface area contributed by atoms with Gasteiger partial charge in [0.25, 0.3) is 0 Å². The van der Waals surface area contributed by atoms with Crippen molar-refractivity contribution in [2.45, 2.75) is 219 Å². The van der Waals surface area contributed by atoms with Crippen molar-refractivity contribution in [1.82, 2.24) is 0 Å². The van der Waals surface area contributed by atoms with E-state index in [1.807, 2.05) is 0 Å². The first-order valence-electron chi connectivity index (χ1n) is 20.0. The first kappa shape index (κ1) is 51.9. The van der Waals surface area contributed by atoms with Crippen LogP contribution in [0.5, 0.6) is 0 Å². The SMILES string of the molecule is CCCCCCCCCCCCCCCCCC(=O)OCC(=O)[O-].CCCCCCCCCCCCCCCCCC(=O)OCC(=O)[O-].[Zn+2]. The predicted molar refractivity (Wildman–Crippen MR) is 191 cm³/mol. The summed E-state index contributed by atoms with van der Waals surface area (Å²) in [4.78, 5) is 42.6. The van der Waals surface area contributed by atoms with Crippen LogP contribution in [0.25, 0.3) is 0 Å². The molecule has 0 heterocycles. The Morgan fingerprint density at radius 2 is 0.531 bits per heavy atom. The van der Waals surface area contributed by atoms with Gasteiger partial charge in [0.2, 0.25) is 0 Å². The Morgan fingerprint density at radius 3 is 0.714 bits per heavy atom. The smallest absolute Gasteiger partial charge is 0.546 e. The van der Waals surface area contributed by atoms with Gasteiger partial charge in [0.15, 0.2) is 0 Å². The van der Waals surface area contributed by atoms with Crippen LogP contribution in [0.2, 0.25) is 0 Å². The fourth-order valence-electron chi connectivity index (χ4n) is 5.70. The normalized spacial score (nSPS) is 10.5. The van der Waals surface area contributed by atoms with Crippen molar-refractivity contribution in [2.24, 2.45) is 0 Å². The van der Waals surface area contributed by atoms with Gasteiger partial charge in [-0.3, -0.25) is 9.59 Å². The number of hydrogen-bond donors (Lipinski definition) is 0. The van der Waals surface area contributed by atoms with E-state index in [0.717, 1.165) is 38.5 Å². The minimum absolute atomic E-state index is 0. The van der Waals surface area contributed by atoms with Gasteiger partial charge in [0.05, 0.1) is 11.9 Å². The third-order valence-corrected chi connectivity index (χ3v) is 8.67. The Bertz CT molecular complexity index is 671. The van der Waals surface area contributed by atoms with Gasteiger partial charge in [-0.25, -0.2) is 0 Å². The maximum absolute atomic E-state index is 11.2. The zero-order valence-corrected chi connectivity index (χ0v) is 35.0. The fourth-order valence-corrected chi connectivity index (χ4v) is 5.70. The second kappa shape index (κ2) is 44.5. The number of carbonyl (C=O) groups excluding carboxylic acids is 4. The Kier molecular flexibility index (Phi) is 47.1. The molecule has 49 heavy (non-hydrogen) atoms. The maximum atomic E-state index is 11.2. The molecule has 0 aliphatic heterocycles. The number of esters is 2. The minimum Gasteiger partial charge on any atom is -0.546 e. The average Bonchev–Trinajstić information content (AvgIpc) is 3.06. The number of aliphatic carboxylic acids is 2. The third-order valence-electron chi connectivity index (χ3n) is 8.67. The van der Waals surface area contributed by atoms with Gasteiger partial charge in [-0.05, 0) is 12.8 Å². The summed E-state index contributed by atoms with van der Waals surface area (Å²) in [6.07, 6.45) is 39.1. The van der Waals surface area contributed by atoms with Crippen LogP contribution in [-0.2, 0) is 48.1 Å². The van der Waals surface area contributed by atoms with Gasteiger partial charge in [-0.1, -0.05) is 194 Å². The van der Waals surface area contributed by atoms with Crippen molar-refractivity contribution in [3.05, 3.63) is 0 Å². The average molecular weight is 748 g/mol. The molecule has 0 amide bonds. The van der Waals surface area contributed by atoms with Crippen LogP contribution >= 0.6 is 0 Å². The summed E-state index contributed by atoms with van der Waals surface area (Å²) in [6.45, 7) is 3.26. The number of unbranched alkanes of at least 4 members (excludes halogenated alkanes) is 28. The molecule has 0 saturated carbocycles. The van der Waals surface area contributed by atoms with Crippen molar-refractivity contribution in [3.63, 3.8) is 0 Å². The van der Waals surface area contributed by atoms with Crippen molar-refractivity contribution < 1.29 is 58.3 Å². The van der Waals surface area contributed by atoms with Gasteiger partial charge >= 0.3 is 31.4 Å². The van der Waals surface area contributed by atoms with E-state index in [2.05, 4.69) is 23.3 Å². The standard InChI is InChI=1S/2C20H38O4.Zn/c2*1-2-3-4-5-6-7-8-9-10-11-12-13-14-15-16-17-20(23)24-18-19(21)22;/h2*2-18H2,1H3,(H,21,22);/q;;+2/p-2. The van der Waals surface area contributed by atoms with Gasteiger partial charge in [0, 0.05) is 12.8 Å². The molecule has 9 heteroatoms. The Morgan fingerprint density at radius 1 is 0.347 bits per heavy atom. The Labute approximate surface area is 313 Å². The molecule has 0 fully saturated rings. The van der Waals surface area contributed by atoms with Crippen LogP contribution in [0.4, 0.5) is 0 Å². The van der Waals surface area contributed by atoms with Crippen LogP contribution < -0.4 is 10.2 Å². The molecule has 0 bridgehead atoms. The Balaban J connectivity index is -0.000000846. The first-order chi connectivity index (χ1) is 23.3. The molecule has 0 aliphatic rings. The largest absolute Gasteiger partial charge is 2.00 e. The second-order valence-corrected chi connectivity index (χ2v) is 13.5. The molecule has 0 N–H and O–H groups in total. The molecule has 0 unspecified atom stereocenters. The number of carbonyl (C=O) groups is 4. The minimum atomic E-state index is -1.35. The van der Waals surface area contributed by atoms with E-state index >= 15 is 0 Å². The molecular formula is C40H74O8Zn. The molecule has 8 nitrogen and oxygen atoms in total. The van der Waals surface area contributed by atoms with Crippen molar-refractivity contribution >= 4 is 23.9 Å². The summed E-state index contributed by atoms with van der Waals surface area (Å²) >= 11 is 0. The molecule has 0 saturated heterocycles. The third kappa shape index (κ3) is 51.0. The van der Waals surface area contributed by atoms with Crippen LogP contribution in [0.3, 0.4) is 0 Å². The first-order valence-corrected chi connectivity index (χ1v) is 20.0. The van der Waals surface area contributed by atoms with E-state index in [0.29, 0.717) is 12.8 Å². The molecule has 0 radical (unpaired) electrons. The van der Waals surface area contributed by atoms with E-state index in [1.54, 1.807) is 0 Å². The topological polar surface area (TPSA) is 133 Å². The maximum Gasteiger partial charge on any atom is 2.00 e. The molecule has 0 atom stereocenters. The van der Waals surface area contributed by atoms with E-state index in [4.69, 9.17) is 0 Å². The fraction of sp³-hybridized carbons (Fsp3) is 0.900. The Hall–Kier alpha value is -1.50. The molecule has 284 valence electrons. The van der Waals surface area contributed by atoms with E-state index in [9.17, 15) is 29.4 Å². The van der Waals surface area contributed by atoms with Crippen LogP contribution in [0.1, 0.15) is 219 Å². The zero-order chi connectivity index (χ0) is 35.8. The number of ether oxygens (including phenoxy) is 2. The summed E-state index contributed by atoms with van der Waals surface area (Å²) in [5.41, 5.74) is 0. The summed E-state index contributed by atoms with van der Waals surface area (Å²) in [6, 6.07) is 0. The molecule has 0 spiro atoms. The van der Waals surface area contributed by atoms with Crippen molar-refractivity contribution in [3.8, 4) is 0 Å². The molecule has 0 aromatic heterocycles. The van der Waals surface area contributed by atoms with Crippen molar-refractivity contribution in [2.75, 3.05) is 13.2 Å². The molecule has 0 aromatic rings. The van der Waals surface area contributed by atoms with E-state index in [1.165, 1.54) is 154 Å². The van der Waals surface area contributed by atoms with Gasteiger partial charge in [-0.2, -0.15) is 0 Å². The number of carboxylic acids is 2. The second-order valence-electron chi connectivity index (χ2n) is 13.5. The monoisotopic (exact) mass is 746 g/mol. The van der Waals surface area contributed by atoms with Gasteiger partial charge < -0.3 is 29.3 Å². The summed E-state index contributed by atoms with van der Waals surface area (Å²) < 4.78 is 9.04. The summed E-state index contributed by atoms with van der Waals surface area (Å²) in [7, 11) is 0. The number of rotatable bonds is 36. The quantitative estimate of drug-likeness (QED) is 0.0352. The summed E-state index contributed by atoms with van der Waals surface area (Å²) in [5, 5.41) is 20.3. The molecule has 0 aromatic carbocycles. The van der Waals surface area contributed by atoms with Gasteiger partial charge in [0.1, 0.15) is 13.2 Å². The van der Waals surface area contributed by atoms with E-state index in [-0.39, 0.29) is 19.5 Å². The molecular weight excluding hydrogens is 674 g/mol. The van der Waals surface area contributed by atoms with Gasteiger partial charge in [-0.15, -0.1) is 0 Å². The van der Waals surface area contributed by atoms with E-state index < -0.39 is 37.1 Å².